The number of aliphatic carboxylic acids is 1. The molecular weight excluding hydrogens is 334 g/mol. The highest BCUT2D eigenvalue weighted by Gasteiger charge is 2.31. The fourth-order valence-electron chi connectivity index (χ4n) is 2.65. The molecule has 1 aliphatic heterocycles. The van der Waals surface area contributed by atoms with Crippen molar-refractivity contribution in [2.24, 2.45) is 7.05 Å². The van der Waals surface area contributed by atoms with Gasteiger partial charge in [0.05, 0.1) is 23.7 Å². The van der Waals surface area contributed by atoms with Crippen LogP contribution in [0.25, 0.3) is 11.3 Å². The normalized spacial score (nSPS) is 17.8. The molecule has 1 amide bonds. The van der Waals surface area contributed by atoms with Gasteiger partial charge in [-0.3, -0.25) is 9.48 Å². The average Bonchev–Trinajstić information content (AvgIpc) is 2.96. The zero-order valence-electron chi connectivity index (χ0n) is 13.0. The molecule has 2 aromatic rings. The minimum atomic E-state index is -1.08. The van der Waals surface area contributed by atoms with Gasteiger partial charge in [0.15, 0.2) is 6.10 Å². The molecule has 1 N–H and O–H groups in total. The van der Waals surface area contributed by atoms with E-state index < -0.39 is 12.1 Å². The predicted molar refractivity (Wildman–Crippen MR) is 86.9 cm³/mol. The molecule has 1 aliphatic rings. The number of halogens is 1. The van der Waals surface area contributed by atoms with E-state index in [-0.39, 0.29) is 19.1 Å². The molecule has 1 aromatic carbocycles. The van der Waals surface area contributed by atoms with Crippen molar-refractivity contribution < 1.29 is 19.4 Å². The van der Waals surface area contributed by atoms with Crippen LogP contribution in [0.5, 0.6) is 0 Å². The largest absolute Gasteiger partial charge is 0.479 e. The van der Waals surface area contributed by atoms with E-state index in [9.17, 15) is 9.59 Å². The maximum atomic E-state index is 12.9. The SMILES string of the molecule is Cn1cc(C(=O)N2CCOC(C(=O)O)C2)c(-c2ccccc2Cl)n1. The number of carbonyl (C=O) groups is 2. The Morgan fingerprint density at radius 1 is 1.38 bits per heavy atom. The van der Waals surface area contributed by atoms with Crippen molar-refractivity contribution in [1.29, 1.82) is 0 Å². The number of aryl methyl sites for hydroxylation is 1. The van der Waals surface area contributed by atoms with Crippen molar-refractivity contribution in [1.82, 2.24) is 14.7 Å². The number of nitrogens with zero attached hydrogens (tertiary/aromatic N) is 3. The van der Waals surface area contributed by atoms with Crippen LogP contribution in [-0.2, 0) is 16.6 Å². The third-order valence-corrected chi connectivity index (χ3v) is 4.15. The van der Waals surface area contributed by atoms with Crippen molar-refractivity contribution >= 4 is 23.5 Å². The molecule has 8 heteroatoms. The number of aromatic nitrogens is 2. The summed E-state index contributed by atoms with van der Waals surface area (Å²) in [5, 5.41) is 13.9. The lowest BCUT2D eigenvalue weighted by Gasteiger charge is -2.30. The summed E-state index contributed by atoms with van der Waals surface area (Å²) in [6.07, 6.45) is 0.606. The Balaban J connectivity index is 1.94. The highest BCUT2D eigenvalue weighted by molar-refractivity contribution is 6.33. The highest BCUT2D eigenvalue weighted by atomic mass is 35.5. The monoisotopic (exact) mass is 349 g/mol. The molecule has 1 saturated heterocycles. The van der Waals surface area contributed by atoms with E-state index in [2.05, 4.69) is 5.10 Å². The summed E-state index contributed by atoms with van der Waals surface area (Å²) in [6.45, 7) is 0.523. The van der Waals surface area contributed by atoms with E-state index in [0.717, 1.165) is 0 Å². The number of carboxylic acids is 1. The van der Waals surface area contributed by atoms with E-state index in [1.807, 2.05) is 6.07 Å². The average molecular weight is 350 g/mol. The van der Waals surface area contributed by atoms with Crippen LogP contribution >= 0.6 is 11.6 Å². The molecule has 0 bridgehead atoms. The Kier molecular flexibility index (Phi) is 4.55. The van der Waals surface area contributed by atoms with Gasteiger partial charge < -0.3 is 14.7 Å². The van der Waals surface area contributed by atoms with Crippen molar-refractivity contribution in [2.75, 3.05) is 19.7 Å². The van der Waals surface area contributed by atoms with Gasteiger partial charge in [-0.25, -0.2) is 4.79 Å². The molecule has 0 spiro atoms. The number of benzene rings is 1. The molecule has 3 rings (SSSR count). The number of morpholine rings is 1. The third kappa shape index (κ3) is 3.13. The Morgan fingerprint density at radius 2 is 2.12 bits per heavy atom. The lowest BCUT2D eigenvalue weighted by atomic mass is 10.1. The van der Waals surface area contributed by atoms with E-state index >= 15 is 0 Å². The maximum absolute atomic E-state index is 12.9. The minimum absolute atomic E-state index is 0.00498. The molecule has 1 unspecified atom stereocenters. The van der Waals surface area contributed by atoms with Gasteiger partial charge in [0.1, 0.15) is 5.69 Å². The summed E-state index contributed by atoms with van der Waals surface area (Å²) < 4.78 is 6.70. The van der Waals surface area contributed by atoms with Crippen molar-refractivity contribution in [2.45, 2.75) is 6.10 Å². The first-order valence-electron chi connectivity index (χ1n) is 7.39. The molecule has 24 heavy (non-hydrogen) atoms. The summed E-state index contributed by atoms with van der Waals surface area (Å²) in [5.41, 5.74) is 1.52. The van der Waals surface area contributed by atoms with Crippen LogP contribution in [-0.4, -0.2) is 57.5 Å². The van der Waals surface area contributed by atoms with Crippen LogP contribution in [0.2, 0.25) is 5.02 Å². The summed E-state index contributed by atoms with van der Waals surface area (Å²) in [6, 6.07) is 7.14. The first kappa shape index (κ1) is 16.5. The van der Waals surface area contributed by atoms with Gasteiger partial charge in [-0.15, -0.1) is 0 Å². The van der Waals surface area contributed by atoms with E-state index in [1.165, 1.54) is 4.90 Å². The number of hydrogen-bond donors (Lipinski definition) is 1. The predicted octanol–water partition coefficient (Wildman–Crippen LogP) is 1.67. The summed E-state index contributed by atoms with van der Waals surface area (Å²) in [7, 11) is 1.72. The summed E-state index contributed by atoms with van der Waals surface area (Å²) >= 11 is 6.22. The zero-order valence-corrected chi connectivity index (χ0v) is 13.7. The van der Waals surface area contributed by atoms with Crippen LogP contribution in [0.4, 0.5) is 0 Å². The van der Waals surface area contributed by atoms with Gasteiger partial charge in [-0.05, 0) is 6.07 Å². The second-order valence-electron chi connectivity index (χ2n) is 5.49. The van der Waals surface area contributed by atoms with E-state index in [1.54, 1.807) is 36.1 Å². The summed E-state index contributed by atoms with van der Waals surface area (Å²) in [5.74, 6) is -1.36. The fourth-order valence-corrected chi connectivity index (χ4v) is 2.88. The maximum Gasteiger partial charge on any atom is 0.334 e. The van der Waals surface area contributed by atoms with Crippen LogP contribution in [0.3, 0.4) is 0 Å². The van der Waals surface area contributed by atoms with Gasteiger partial charge in [0.25, 0.3) is 5.91 Å². The van der Waals surface area contributed by atoms with Gasteiger partial charge in [0.2, 0.25) is 0 Å². The minimum Gasteiger partial charge on any atom is -0.479 e. The van der Waals surface area contributed by atoms with Crippen LogP contribution in [0.15, 0.2) is 30.5 Å². The third-order valence-electron chi connectivity index (χ3n) is 3.82. The molecule has 0 aliphatic carbocycles. The second-order valence-corrected chi connectivity index (χ2v) is 5.90. The Bertz CT molecular complexity index is 789. The number of amides is 1. The van der Waals surface area contributed by atoms with Gasteiger partial charge >= 0.3 is 5.97 Å². The standard InChI is InChI=1S/C16H16ClN3O4/c1-19-8-11(14(18-19)10-4-2-3-5-12(10)17)15(21)20-6-7-24-13(9-20)16(22)23/h2-5,8,13H,6-7,9H2,1H3,(H,22,23). The Hall–Kier alpha value is -2.38. The van der Waals surface area contributed by atoms with Crippen LogP contribution < -0.4 is 0 Å². The molecule has 1 atom stereocenters. The molecule has 7 nitrogen and oxygen atoms in total. The van der Waals surface area contributed by atoms with Gasteiger partial charge in [-0.1, -0.05) is 29.8 Å². The lowest BCUT2D eigenvalue weighted by Crippen LogP contribution is -2.48. The topological polar surface area (TPSA) is 84.7 Å². The second kappa shape index (κ2) is 6.62. The van der Waals surface area contributed by atoms with Crippen molar-refractivity contribution in [3.63, 3.8) is 0 Å². The van der Waals surface area contributed by atoms with Crippen LogP contribution in [0, 0.1) is 0 Å². The van der Waals surface area contributed by atoms with E-state index in [0.29, 0.717) is 28.4 Å². The molecule has 2 heterocycles. The van der Waals surface area contributed by atoms with Crippen LogP contribution in [0.1, 0.15) is 10.4 Å². The smallest absolute Gasteiger partial charge is 0.334 e. The Labute approximate surface area is 143 Å². The molecular formula is C16H16ClN3O4. The number of rotatable bonds is 3. The first-order chi connectivity index (χ1) is 11.5. The summed E-state index contributed by atoms with van der Waals surface area (Å²) in [4.78, 5) is 25.4. The van der Waals surface area contributed by atoms with Crippen molar-refractivity contribution in [3.8, 4) is 11.3 Å². The lowest BCUT2D eigenvalue weighted by molar-refractivity contribution is -0.154. The molecule has 0 saturated carbocycles. The fraction of sp³-hybridized carbons (Fsp3) is 0.312. The zero-order chi connectivity index (χ0) is 17.3. The highest BCUT2D eigenvalue weighted by Crippen LogP contribution is 2.29. The molecule has 126 valence electrons. The number of ether oxygens (including phenoxy) is 1. The number of hydrogen-bond acceptors (Lipinski definition) is 4. The van der Waals surface area contributed by atoms with Gasteiger partial charge in [-0.2, -0.15) is 5.10 Å². The van der Waals surface area contributed by atoms with E-state index in [4.69, 9.17) is 21.4 Å². The molecule has 1 aromatic heterocycles. The Morgan fingerprint density at radius 3 is 2.83 bits per heavy atom. The molecule has 1 fully saturated rings. The first-order valence-corrected chi connectivity index (χ1v) is 7.77. The molecule has 0 radical (unpaired) electrons. The quantitative estimate of drug-likeness (QED) is 0.911. The van der Waals surface area contributed by atoms with Crippen molar-refractivity contribution in [3.05, 3.63) is 41.0 Å². The van der Waals surface area contributed by atoms with Gasteiger partial charge in [0, 0.05) is 25.4 Å². The number of carboxylic acid groups (broad SMARTS) is 1. The number of carbonyl (C=O) groups excluding carboxylic acids is 1.